The number of thiazole rings is 1. The maximum atomic E-state index is 12.1. The summed E-state index contributed by atoms with van der Waals surface area (Å²) in [5.74, 6) is 0.124. The first kappa shape index (κ1) is 14.5. The zero-order valence-corrected chi connectivity index (χ0v) is 12.1. The largest absolute Gasteiger partial charge is 0.497 e. The van der Waals surface area contributed by atoms with Crippen molar-refractivity contribution < 1.29 is 14.6 Å². The lowest BCUT2D eigenvalue weighted by molar-refractivity contribution is -0.124. The molecule has 6 heteroatoms. The second-order valence-electron chi connectivity index (χ2n) is 4.15. The minimum Gasteiger partial charge on any atom is -0.497 e. The molecule has 0 saturated heterocycles. The van der Waals surface area contributed by atoms with Crippen LogP contribution in [0.15, 0.2) is 29.8 Å². The first-order valence-corrected chi connectivity index (χ1v) is 7.09. The summed E-state index contributed by atoms with van der Waals surface area (Å²) in [6.07, 6.45) is -0.508. The highest BCUT2D eigenvalue weighted by molar-refractivity contribution is 7.14. The average Bonchev–Trinajstić information content (AvgIpc) is 2.93. The van der Waals surface area contributed by atoms with Gasteiger partial charge < -0.3 is 15.2 Å². The van der Waals surface area contributed by atoms with Crippen molar-refractivity contribution in [3.63, 3.8) is 0 Å². The van der Waals surface area contributed by atoms with E-state index in [9.17, 15) is 9.90 Å². The van der Waals surface area contributed by atoms with E-state index in [0.29, 0.717) is 16.3 Å². The maximum absolute atomic E-state index is 12.1. The number of hydrogen-bond donors (Lipinski definition) is 2. The van der Waals surface area contributed by atoms with Gasteiger partial charge in [0.1, 0.15) is 10.8 Å². The number of methoxy groups -OCH3 is 1. The molecule has 20 heavy (non-hydrogen) atoms. The molecule has 5 nitrogen and oxygen atoms in total. The monoisotopic (exact) mass is 292 g/mol. The predicted octanol–water partition coefficient (Wildman–Crippen LogP) is 2.39. The van der Waals surface area contributed by atoms with Crippen LogP contribution >= 0.6 is 11.3 Å². The van der Waals surface area contributed by atoms with Crippen LogP contribution in [0.1, 0.15) is 24.3 Å². The van der Waals surface area contributed by atoms with Gasteiger partial charge in [0.25, 0.3) is 5.91 Å². The predicted molar refractivity (Wildman–Crippen MR) is 78.1 cm³/mol. The van der Waals surface area contributed by atoms with Crippen molar-refractivity contribution in [3.05, 3.63) is 41.0 Å². The van der Waals surface area contributed by atoms with Crippen molar-refractivity contribution in [1.82, 2.24) is 4.98 Å². The van der Waals surface area contributed by atoms with Crippen molar-refractivity contribution >= 4 is 22.2 Å². The van der Waals surface area contributed by atoms with Crippen LogP contribution < -0.4 is 10.1 Å². The highest BCUT2D eigenvalue weighted by atomic mass is 32.1. The highest BCUT2D eigenvalue weighted by Crippen LogP contribution is 2.24. The molecule has 1 aromatic carbocycles. The number of aromatic nitrogens is 1. The van der Waals surface area contributed by atoms with Crippen LogP contribution in [0.3, 0.4) is 0 Å². The van der Waals surface area contributed by atoms with E-state index in [2.05, 4.69) is 10.3 Å². The van der Waals surface area contributed by atoms with E-state index in [1.165, 1.54) is 18.4 Å². The fraction of sp³-hybridized carbons (Fsp3) is 0.286. The van der Waals surface area contributed by atoms with Gasteiger partial charge >= 0.3 is 0 Å². The number of carbonyl (C=O) groups is 1. The van der Waals surface area contributed by atoms with Crippen LogP contribution in [0.4, 0.5) is 5.00 Å². The summed E-state index contributed by atoms with van der Waals surface area (Å²) in [6, 6.07) is 6.80. The molecule has 2 aromatic rings. The number of aliphatic hydroxyl groups excluding tert-OH is 1. The quantitative estimate of drug-likeness (QED) is 0.887. The first-order valence-electron chi connectivity index (χ1n) is 6.21. The van der Waals surface area contributed by atoms with E-state index < -0.39 is 12.0 Å². The molecular formula is C14H16N2O3S. The fourth-order valence-corrected chi connectivity index (χ4v) is 2.54. The van der Waals surface area contributed by atoms with Gasteiger partial charge in [-0.05, 0) is 24.1 Å². The maximum Gasteiger partial charge on any atom is 0.258 e. The molecule has 1 amide bonds. The Balaban J connectivity index is 2.12. The Hall–Kier alpha value is -1.92. The van der Waals surface area contributed by atoms with Crippen molar-refractivity contribution in [2.24, 2.45) is 0 Å². The molecule has 1 atom stereocenters. The number of rotatable bonds is 5. The van der Waals surface area contributed by atoms with Gasteiger partial charge in [-0.3, -0.25) is 4.79 Å². The normalized spacial score (nSPS) is 11.9. The number of aryl methyl sites for hydroxylation is 1. The molecule has 0 aliphatic rings. The Bertz CT molecular complexity index is 598. The van der Waals surface area contributed by atoms with Crippen LogP contribution in [0.5, 0.6) is 5.75 Å². The molecule has 1 heterocycles. The van der Waals surface area contributed by atoms with Crippen molar-refractivity contribution in [3.8, 4) is 5.75 Å². The number of nitrogens with one attached hydrogen (secondary N) is 1. The summed E-state index contributed by atoms with van der Waals surface area (Å²) in [7, 11) is 1.54. The number of benzene rings is 1. The lowest BCUT2D eigenvalue weighted by atomic mass is 10.1. The van der Waals surface area contributed by atoms with Crippen LogP contribution in [0.2, 0.25) is 0 Å². The topological polar surface area (TPSA) is 71.5 Å². The van der Waals surface area contributed by atoms with Crippen molar-refractivity contribution in [2.75, 3.05) is 12.4 Å². The van der Waals surface area contributed by atoms with E-state index in [-0.39, 0.29) is 0 Å². The molecule has 0 fully saturated rings. The molecule has 0 radical (unpaired) electrons. The molecule has 2 N–H and O–H groups in total. The fourth-order valence-electron chi connectivity index (χ4n) is 1.77. The molecule has 0 bridgehead atoms. The number of aliphatic hydroxyl groups is 1. The third kappa shape index (κ3) is 3.15. The van der Waals surface area contributed by atoms with Gasteiger partial charge in [-0.1, -0.05) is 19.1 Å². The Kier molecular flexibility index (Phi) is 4.70. The smallest absolute Gasteiger partial charge is 0.258 e. The molecule has 2 rings (SSSR count). The van der Waals surface area contributed by atoms with E-state index in [0.717, 1.165) is 12.1 Å². The van der Waals surface area contributed by atoms with Gasteiger partial charge in [0, 0.05) is 0 Å². The average molecular weight is 292 g/mol. The summed E-state index contributed by atoms with van der Waals surface area (Å²) in [6.45, 7) is 1.96. The van der Waals surface area contributed by atoms with E-state index >= 15 is 0 Å². The molecule has 0 aliphatic carbocycles. The number of nitrogens with zero attached hydrogens (tertiary/aromatic N) is 1. The summed E-state index contributed by atoms with van der Waals surface area (Å²) < 4.78 is 5.08. The highest BCUT2D eigenvalue weighted by Gasteiger charge is 2.19. The third-order valence-electron chi connectivity index (χ3n) is 2.87. The van der Waals surface area contributed by atoms with Crippen molar-refractivity contribution in [2.45, 2.75) is 19.4 Å². The Labute approximate surface area is 121 Å². The summed E-state index contributed by atoms with van der Waals surface area (Å²) >= 11 is 1.34. The van der Waals surface area contributed by atoms with Crippen LogP contribution in [-0.4, -0.2) is 23.1 Å². The summed E-state index contributed by atoms with van der Waals surface area (Å²) in [5.41, 5.74) is 2.98. The lowest BCUT2D eigenvalue weighted by Gasteiger charge is -2.12. The standard InChI is InChI=1S/C14H16N2O3S/c1-3-11-14(20-8-15-11)16-13(18)12(17)9-5-4-6-10(7-9)19-2/h4-8,12,17H,3H2,1-2H3,(H,16,18). The van der Waals surface area contributed by atoms with Gasteiger partial charge in [-0.15, -0.1) is 11.3 Å². The minimum atomic E-state index is -1.24. The molecule has 0 aliphatic heterocycles. The zero-order chi connectivity index (χ0) is 14.5. The van der Waals surface area contributed by atoms with E-state index in [1.54, 1.807) is 29.8 Å². The Morgan fingerprint density at radius 3 is 3.05 bits per heavy atom. The third-order valence-corrected chi connectivity index (χ3v) is 3.65. The van der Waals surface area contributed by atoms with Gasteiger partial charge in [0.05, 0.1) is 18.3 Å². The number of ether oxygens (including phenoxy) is 1. The van der Waals surface area contributed by atoms with Crippen LogP contribution in [0, 0.1) is 0 Å². The summed E-state index contributed by atoms with van der Waals surface area (Å²) in [4.78, 5) is 16.2. The zero-order valence-electron chi connectivity index (χ0n) is 11.3. The van der Waals surface area contributed by atoms with Gasteiger partial charge in [-0.25, -0.2) is 4.98 Å². The van der Waals surface area contributed by atoms with E-state index in [4.69, 9.17) is 4.74 Å². The second kappa shape index (κ2) is 6.49. The molecule has 0 saturated carbocycles. The van der Waals surface area contributed by atoms with Crippen molar-refractivity contribution in [1.29, 1.82) is 0 Å². The molecule has 106 valence electrons. The molecule has 1 aromatic heterocycles. The SMILES string of the molecule is CCc1ncsc1NC(=O)C(O)c1cccc(OC)c1. The molecule has 0 spiro atoms. The molecular weight excluding hydrogens is 276 g/mol. The number of carbonyl (C=O) groups excluding carboxylic acids is 1. The van der Waals surface area contributed by atoms with Crippen LogP contribution in [0.25, 0.3) is 0 Å². The first-order chi connectivity index (χ1) is 9.65. The van der Waals surface area contributed by atoms with Gasteiger partial charge in [0.15, 0.2) is 6.10 Å². The van der Waals surface area contributed by atoms with Gasteiger partial charge in [0.2, 0.25) is 0 Å². The molecule has 1 unspecified atom stereocenters. The summed E-state index contributed by atoms with van der Waals surface area (Å²) in [5, 5.41) is 13.5. The Morgan fingerprint density at radius 2 is 2.35 bits per heavy atom. The second-order valence-corrected chi connectivity index (χ2v) is 5.00. The number of amides is 1. The van der Waals surface area contributed by atoms with E-state index in [1.807, 2.05) is 6.92 Å². The number of anilines is 1. The lowest BCUT2D eigenvalue weighted by Crippen LogP contribution is -2.20. The van der Waals surface area contributed by atoms with Crippen LogP contribution in [-0.2, 0) is 11.2 Å². The minimum absolute atomic E-state index is 0.475. The Morgan fingerprint density at radius 1 is 1.55 bits per heavy atom. The number of hydrogen-bond acceptors (Lipinski definition) is 5. The van der Waals surface area contributed by atoms with Gasteiger partial charge in [-0.2, -0.15) is 0 Å².